The van der Waals surface area contributed by atoms with Gasteiger partial charge >= 0.3 is 0 Å². The largest absolute Gasteiger partial charge is 0.308 e. The molecule has 17 heavy (non-hydrogen) atoms. The summed E-state index contributed by atoms with van der Waals surface area (Å²) in [4.78, 5) is 6.23. The first-order valence-corrected chi connectivity index (χ1v) is 7.02. The summed E-state index contributed by atoms with van der Waals surface area (Å²) >= 11 is 1.87. The molecule has 4 rings (SSSR count). The Kier molecular flexibility index (Phi) is 2.11. The van der Waals surface area contributed by atoms with Crippen LogP contribution in [0.4, 0.5) is 0 Å². The monoisotopic (exact) mass is 242 g/mol. The average molecular weight is 242 g/mol. The highest BCUT2D eigenvalue weighted by Gasteiger charge is 2.24. The fourth-order valence-corrected chi connectivity index (χ4v) is 3.46. The van der Waals surface area contributed by atoms with Crippen LogP contribution in [0.2, 0.25) is 0 Å². The summed E-state index contributed by atoms with van der Waals surface area (Å²) in [5.41, 5.74) is 4.01. The first-order valence-electron chi connectivity index (χ1n) is 6.20. The van der Waals surface area contributed by atoms with Gasteiger partial charge in [0, 0.05) is 29.4 Å². The molecule has 1 heterocycles. The quantitative estimate of drug-likeness (QED) is 0.764. The Bertz CT molecular complexity index is 569. The molecule has 2 aliphatic carbocycles. The second-order valence-electron chi connectivity index (χ2n) is 4.87. The van der Waals surface area contributed by atoms with Crippen LogP contribution in [0.5, 0.6) is 0 Å². The van der Waals surface area contributed by atoms with Crippen molar-refractivity contribution in [1.29, 1.82) is 0 Å². The molecule has 0 aliphatic heterocycles. The summed E-state index contributed by atoms with van der Waals surface area (Å²) < 4.78 is 0. The van der Waals surface area contributed by atoms with Gasteiger partial charge in [0.05, 0.1) is 5.69 Å². The second-order valence-corrected chi connectivity index (χ2v) is 6.04. The Morgan fingerprint density at radius 3 is 3.06 bits per heavy atom. The number of hydrogen-bond acceptors (Lipinski definition) is 3. The van der Waals surface area contributed by atoms with Crippen LogP contribution in [0.1, 0.15) is 28.3 Å². The maximum atomic E-state index is 4.79. The van der Waals surface area contributed by atoms with Crippen LogP contribution in [0, 0.1) is 0 Å². The van der Waals surface area contributed by atoms with E-state index in [0.29, 0.717) is 0 Å². The molecule has 0 unspecified atom stereocenters. The van der Waals surface area contributed by atoms with Crippen molar-refractivity contribution >= 4 is 11.3 Å². The third-order valence-electron chi connectivity index (χ3n) is 3.48. The van der Waals surface area contributed by atoms with Crippen molar-refractivity contribution in [1.82, 2.24) is 10.3 Å². The molecule has 1 aromatic carbocycles. The van der Waals surface area contributed by atoms with E-state index in [0.717, 1.165) is 19.0 Å². The molecule has 2 nitrogen and oxygen atoms in total. The minimum absolute atomic E-state index is 0.765. The van der Waals surface area contributed by atoms with E-state index in [2.05, 4.69) is 29.6 Å². The van der Waals surface area contributed by atoms with E-state index in [4.69, 9.17) is 4.98 Å². The molecule has 0 spiro atoms. The van der Waals surface area contributed by atoms with Gasteiger partial charge in [0.15, 0.2) is 0 Å². The van der Waals surface area contributed by atoms with Gasteiger partial charge in [-0.3, -0.25) is 0 Å². The Hall–Kier alpha value is -1.19. The predicted octanol–water partition coefficient (Wildman–Crippen LogP) is 2.97. The zero-order chi connectivity index (χ0) is 11.2. The maximum Gasteiger partial charge on any atom is 0.107 e. The Labute approximate surface area is 105 Å². The Balaban J connectivity index is 1.63. The van der Waals surface area contributed by atoms with Crippen LogP contribution in [0.25, 0.3) is 11.3 Å². The molecular formula is C14H14N2S. The van der Waals surface area contributed by atoms with Crippen molar-refractivity contribution in [3.63, 3.8) is 0 Å². The third-order valence-corrected chi connectivity index (χ3v) is 4.54. The highest BCUT2D eigenvalue weighted by molar-refractivity contribution is 7.12. The van der Waals surface area contributed by atoms with Gasteiger partial charge in [0.1, 0.15) is 5.01 Å². The number of aromatic nitrogens is 1. The van der Waals surface area contributed by atoms with E-state index in [9.17, 15) is 0 Å². The molecule has 0 radical (unpaired) electrons. The average Bonchev–Trinajstić information content (AvgIpc) is 2.99. The summed E-state index contributed by atoms with van der Waals surface area (Å²) in [6.07, 6.45) is 3.76. The Morgan fingerprint density at radius 1 is 1.29 bits per heavy atom. The molecule has 3 heteroatoms. The van der Waals surface area contributed by atoms with Crippen molar-refractivity contribution < 1.29 is 0 Å². The van der Waals surface area contributed by atoms with Crippen LogP contribution in [-0.2, 0) is 13.0 Å². The molecule has 86 valence electrons. The van der Waals surface area contributed by atoms with E-state index in [1.165, 1.54) is 39.5 Å². The van der Waals surface area contributed by atoms with Crippen LogP contribution < -0.4 is 5.32 Å². The summed E-state index contributed by atoms with van der Waals surface area (Å²) in [5, 5.41) is 4.78. The number of fused-ring (bicyclic) bond motifs is 3. The van der Waals surface area contributed by atoms with E-state index in [-0.39, 0.29) is 0 Å². The van der Waals surface area contributed by atoms with Gasteiger partial charge in [-0.15, -0.1) is 11.3 Å². The molecule has 0 atom stereocenters. The SMILES string of the molecule is c1ccc2c(c1)Cc1sc(CNC3CC3)nc1-2. The van der Waals surface area contributed by atoms with E-state index in [1.807, 2.05) is 11.3 Å². The lowest BCUT2D eigenvalue weighted by molar-refractivity contribution is 0.685. The summed E-state index contributed by atoms with van der Waals surface area (Å²) in [7, 11) is 0. The smallest absolute Gasteiger partial charge is 0.107 e. The molecule has 0 amide bonds. The van der Waals surface area contributed by atoms with Gasteiger partial charge in [-0.05, 0) is 18.4 Å². The first kappa shape index (κ1) is 9.80. The molecule has 0 saturated heterocycles. The highest BCUT2D eigenvalue weighted by atomic mass is 32.1. The van der Waals surface area contributed by atoms with Gasteiger partial charge in [-0.2, -0.15) is 0 Å². The molecule has 2 aliphatic rings. The number of hydrogen-bond donors (Lipinski definition) is 1. The molecular weight excluding hydrogens is 228 g/mol. The van der Waals surface area contributed by atoms with Gasteiger partial charge < -0.3 is 5.32 Å². The van der Waals surface area contributed by atoms with Crippen molar-refractivity contribution in [2.24, 2.45) is 0 Å². The zero-order valence-corrected chi connectivity index (χ0v) is 10.4. The standard InChI is InChI=1S/C14H14N2S/c1-2-4-11-9(3-1)7-12-14(11)16-13(17-12)8-15-10-5-6-10/h1-4,10,15H,5-8H2. The molecule has 2 aromatic rings. The van der Waals surface area contributed by atoms with Gasteiger partial charge in [0.25, 0.3) is 0 Å². The molecule has 0 bridgehead atoms. The van der Waals surface area contributed by atoms with E-state index >= 15 is 0 Å². The minimum Gasteiger partial charge on any atom is -0.308 e. The number of rotatable bonds is 3. The summed E-state index contributed by atoms with van der Waals surface area (Å²) in [5.74, 6) is 0. The van der Waals surface area contributed by atoms with Crippen LogP contribution in [0.15, 0.2) is 24.3 Å². The fourth-order valence-electron chi connectivity index (χ4n) is 2.40. The fraction of sp³-hybridized carbons (Fsp3) is 0.357. The Morgan fingerprint density at radius 2 is 2.18 bits per heavy atom. The molecule has 1 N–H and O–H groups in total. The first-order chi connectivity index (χ1) is 8.40. The minimum atomic E-state index is 0.765. The van der Waals surface area contributed by atoms with Crippen LogP contribution >= 0.6 is 11.3 Å². The van der Waals surface area contributed by atoms with Crippen molar-refractivity contribution in [2.45, 2.75) is 31.8 Å². The second kappa shape index (κ2) is 3.65. The third kappa shape index (κ3) is 1.70. The summed E-state index contributed by atoms with van der Waals surface area (Å²) in [6.45, 7) is 0.949. The van der Waals surface area contributed by atoms with Gasteiger partial charge in [0.2, 0.25) is 0 Å². The van der Waals surface area contributed by atoms with E-state index < -0.39 is 0 Å². The maximum absolute atomic E-state index is 4.79. The van der Waals surface area contributed by atoms with Crippen LogP contribution in [-0.4, -0.2) is 11.0 Å². The lowest BCUT2D eigenvalue weighted by atomic mass is 10.1. The number of thiazole rings is 1. The van der Waals surface area contributed by atoms with Crippen molar-refractivity contribution in [3.05, 3.63) is 39.7 Å². The number of nitrogens with zero attached hydrogens (tertiary/aromatic N) is 1. The molecule has 1 fully saturated rings. The lowest BCUT2D eigenvalue weighted by Gasteiger charge is -1.99. The summed E-state index contributed by atoms with van der Waals surface area (Å²) in [6, 6.07) is 9.39. The van der Waals surface area contributed by atoms with Crippen molar-refractivity contribution in [3.8, 4) is 11.3 Å². The van der Waals surface area contributed by atoms with Crippen molar-refractivity contribution in [2.75, 3.05) is 0 Å². The highest BCUT2D eigenvalue weighted by Crippen LogP contribution is 2.39. The number of benzene rings is 1. The topological polar surface area (TPSA) is 24.9 Å². The molecule has 1 saturated carbocycles. The zero-order valence-electron chi connectivity index (χ0n) is 9.57. The molecule has 1 aromatic heterocycles. The predicted molar refractivity (Wildman–Crippen MR) is 70.2 cm³/mol. The normalized spacial score (nSPS) is 16.9. The number of nitrogens with one attached hydrogen (secondary N) is 1. The lowest BCUT2D eigenvalue weighted by Crippen LogP contribution is -2.14. The van der Waals surface area contributed by atoms with E-state index in [1.54, 1.807) is 0 Å². The van der Waals surface area contributed by atoms with Gasteiger partial charge in [-0.25, -0.2) is 4.98 Å². The van der Waals surface area contributed by atoms with Crippen LogP contribution in [0.3, 0.4) is 0 Å². The van der Waals surface area contributed by atoms with Gasteiger partial charge in [-0.1, -0.05) is 24.3 Å².